The van der Waals surface area contributed by atoms with Crippen molar-refractivity contribution in [3.63, 3.8) is 0 Å². The van der Waals surface area contributed by atoms with Crippen molar-refractivity contribution in [3.05, 3.63) is 84.0 Å². The molecule has 1 N–H and O–H groups in total. The highest BCUT2D eigenvalue weighted by Gasteiger charge is 2.20. The van der Waals surface area contributed by atoms with Crippen molar-refractivity contribution in [2.75, 3.05) is 5.32 Å². The maximum Gasteiger partial charge on any atom is 0.352 e. The first-order valence-electron chi connectivity index (χ1n) is 9.91. The van der Waals surface area contributed by atoms with Crippen molar-refractivity contribution in [1.82, 2.24) is 18.7 Å². The predicted molar refractivity (Wildman–Crippen MR) is 127 cm³/mol. The molecule has 0 aliphatic heterocycles. The zero-order valence-corrected chi connectivity index (χ0v) is 19.0. The van der Waals surface area contributed by atoms with Crippen LogP contribution in [0.2, 0.25) is 0 Å². The lowest BCUT2D eigenvalue weighted by Gasteiger charge is -2.08. The maximum absolute atomic E-state index is 13.2. The summed E-state index contributed by atoms with van der Waals surface area (Å²) in [5.41, 5.74) is 2.56. The van der Waals surface area contributed by atoms with E-state index in [1.54, 1.807) is 11.4 Å². The summed E-state index contributed by atoms with van der Waals surface area (Å²) in [7, 11) is 0. The summed E-state index contributed by atoms with van der Waals surface area (Å²) in [5, 5.41) is 10.9. The van der Waals surface area contributed by atoms with Crippen molar-refractivity contribution >= 4 is 50.3 Å². The number of nitrogens with zero attached hydrogens (tertiary/aromatic N) is 4. The number of rotatable bonds is 5. The summed E-state index contributed by atoms with van der Waals surface area (Å²) in [6.07, 6.45) is 0. The van der Waals surface area contributed by atoms with Crippen molar-refractivity contribution in [3.8, 4) is 0 Å². The Kier molecular flexibility index (Phi) is 5.03. The third-order valence-electron chi connectivity index (χ3n) is 5.23. The Labute approximate surface area is 190 Å². The Morgan fingerprint density at radius 1 is 1.09 bits per heavy atom. The second-order valence-electron chi connectivity index (χ2n) is 7.55. The number of nitrogens with one attached hydrogen (secondary N) is 1. The summed E-state index contributed by atoms with van der Waals surface area (Å²) in [6.45, 7) is 3.94. The number of fused-ring (bicyclic) bond motifs is 3. The number of aromatic nitrogens is 4. The van der Waals surface area contributed by atoms with Crippen LogP contribution in [-0.2, 0) is 17.9 Å². The highest BCUT2D eigenvalue weighted by molar-refractivity contribution is 7.17. The van der Waals surface area contributed by atoms with Crippen LogP contribution in [0.4, 0.5) is 5.69 Å². The first-order chi connectivity index (χ1) is 15.4. The standard InChI is InChI=1S/C22H19N5O3S2/c1-13-5-6-16(14(2)10-13)23-18(28)12-26-22(30)27-17-7-9-32-19(17)20(29)25(21(27)24-26)11-15-4-3-8-31-15/h3-10H,11-12H2,1-2H3,(H,23,28). The van der Waals surface area contributed by atoms with Crippen molar-refractivity contribution < 1.29 is 4.79 Å². The molecule has 0 aliphatic carbocycles. The van der Waals surface area contributed by atoms with Gasteiger partial charge in [-0.05, 0) is 48.4 Å². The van der Waals surface area contributed by atoms with Crippen LogP contribution in [0.5, 0.6) is 0 Å². The smallest absolute Gasteiger partial charge is 0.324 e. The Morgan fingerprint density at radius 2 is 1.94 bits per heavy atom. The SMILES string of the molecule is Cc1ccc(NC(=O)Cn2nc3n(Cc4cccs4)c(=O)c4sccc4n3c2=O)c(C)c1. The van der Waals surface area contributed by atoms with E-state index >= 15 is 0 Å². The minimum Gasteiger partial charge on any atom is -0.324 e. The molecule has 32 heavy (non-hydrogen) atoms. The van der Waals surface area contributed by atoms with Gasteiger partial charge >= 0.3 is 5.69 Å². The fourth-order valence-electron chi connectivity index (χ4n) is 3.72. The summed E-state index contributed by atoms with van der Waals surface area (Å²) < 4.78 is 4.49. The van der Waals surface area contributed by atoms with E-state index in [0.717, 1.165) is 20.7 Å². The van der Waals surface area contributed by atoms with E-state index in [0.29, 0.717) is 22.4 Å². The van der Waals surface area contributed by atoms with E-state index in [1.807, 2.05) is 49.6 Å². The molecular weight excluding hydrogens is 446 g/mol. The van der Waals surface area contributed by atoms with E-state index in [4.69, 9.17) is 0 Å². The van der Waals surface area contributed by atoms with Gasteiger partial charge in [0, 0.05) is 10.6 Å². The summed E-state index contributed by atoms with van der Waals surface area (Å²) in [5.74, 6) is -0.144. The van der Waals surface area contributed by atoms with Gasteiger partial charge in [-0.1, -0.05) is 23.8 Å². The number of anilines is 1. The lowest BCUT2D eigenvalue weighted by Crippen LogP contribution is -2.29. The van der Waals surface area contributed by atoms with Gasteiger partial charge < -0.3 is 5.32 Å². The monoisotopic (exact) mass is 465 g/mol. The first kappa shape index (κ1) is 20.4. The van der Waals surface area contributed by atoms with E-state index < -0.39 is 5.69 Å². The highest BCUT2D eigenvalue weighted by atomic mass is 32.1. The van der Waals surface area contributed by atoms with Gasteiger partial charge in [0.05, 0.1) is 12.1 Å². The molecule has 1 aromatic carbocycles. The molecule has 0 atom stereocenters. The maximum atomic E-state index is 13.2. The van der Waals surface area contributed by atoms with Crippen LogP contribution in [0.25, 0.3) is 16.0 Å². The fourth-order valence-corrected chi connectivity index (χ4v) is 5.23. The van der Waals surface area contributed by atoms with Crippen LogP contribution in [0, 0.1) is 13.8 Å². The van der Waals surface area contributed by atoms with E-state index in [2.05, 4.69) is 10.4 Å². The van der Waals surface area contributed by atoms with Crippen molar-refractivity contribution in [2.45, 2.75) is 26.9 Å². The van der Waals surface area contributed by atoms with Gasteiger partial charge in [-0.15, -0.1) is 27.8 Å². The molecule has 5 rings (SSSR count). The molecule has 162 valence electrons. The summed E-state index contributed by atoms with van der Waals surface area (Å²) >= 11 is 2.81. The molecule has 5 aromatic rings. The third kappa shape index (κ3) is 3.47. The molecule has 0 aliphatic rings. The normalized spacial score (nSPS) is 11.4. The molecular formula is C22H19N5O3S2. The number of carbonyl (C=O) groups is 1. The van der Waals surface area contributed by atoms with Gasteiger partial charge in [0.1, 0.15) is 11.2 Å². The molecule has 0 saturated carbocycles. The van der Waals surface area contributed by atoms with E-state index in [-0.39, 0.29) is 23.8 Å². The third-order valence-corrected chi connectivity index (χ3v) is 6.98. The predicted octanol–water partition coefficient (Wildman–Crippen LogP) is 3.24. The number of benzene rings is 1. The van der Waals surface area contributed by atoms with Crippen LogP contribution in [0.1, 0.15) is 16.0 Å². The molecule has 0 radical (unpaired) electrons. The molecule has 4 heterocycles. The van der Waals surface area contributed by atoms with Crippen LogP contribution in [-0.4, -0.2) is 24.7 Å². The average molecular weight is 466 g/mol. The zero-order valence-electron chi connectivity index (χ0n) is 17.4. The number of amides is 1. The summed E-state index contributed by atoms with van der Waals surface area (Å²) in [6, 6.07) is 11.3. The van der Waals surface area contributed by atoms with Gasteiger partial charge in [0.15, 0.2) is 0 Å². The number of hydrogen-bond donors (Lipinski definition) is 1. The minimum absolute atomic E-state index is 0.201. The van der Waals surface area contributed by atoms with E-state index in [9.17, 15) is 14.4 Å². The Morgan fingerprint density at radius 3 is 2.69 bits per heavy atom. The number of carbonyl (C=O) groups excluding carboxylic acids is 1. The average Bonchev–Trinajstić information content (AvgIpc) is 3.49. The second-order valence-corrected chi connectivity index (χ2v) is 9.50. The Hall–Kier alpha value is -3.50. The number of hydrogen-bond acceptors (Lipinski definition) is 6. The Bertz CT molecular complexity index is 1590. The van der Waals surface area contributed by atoms with Crippen LogP contribution < -0.4 is 16.6 Å². The molecule has 0 bridgehead atoms. The van der Waals surface area contributed by atoms with Crippen LogP contribution in [0.15, 0.2) is 56.7 Å². The molecule has 0 unspecified atom stereocenters. The zero-order chi connectivity index (χ0) is 22.4. The van der Waals surface area contributed by atoms with Crippen molar-refractivity contribution in [2.24, 2.45) is 0 Å². The number of thiophene rings is 2. The molecule has 0 fully saturated rings. The minimum atomic E-state index is -0.459. The van der Waals surface area contributed by atoms with Crippen LogP contribution in [0.3, 0.4) is 0 Å². The fraction of sp³-hybridized carbons (Fsp3) is 0.182. The Balaban J connectivity index is 1.57. The molecule has 8 nitrogen and oxygen atoms in total. The highest BCUT2D eigenvalue weighted by Crippen LogP contribution is 2.19. The largest absolute Gasteiger partial charge is 0.352 e. The van der Waals surface area contributed by atoms with Gasteiger partial charge in [0.25, 0.3) is 5.56 Å². The second kappa shape index (κ2) is 7.88. The topological polar surface area (TPSA) is 90.4 Å². The molecule has 1 amide bonds. The summed E-state index contributed by atoms with van der Waals surface area (Å²) in [4.78, 5) is 40.0. The molecule has 0 saturated heterocycles. The molecule has 10 heteroatoms. The quantitative estimate of drug-likeness (QED) is 0.432. The lowest BCUT2D eigenvalue weighted by atomic mass is 10.1. The van der Waals surface area contributed by atoms with Gasteiger partial charge in [-0.2, -0.15) is 0 Å². The first-order valence-corrected chi connectivity index (χ1v) is 11.7. The van der Waals surface area contributed by atoms with Gasteiger partial charge in [-0.3, -0.25) is 14.2 Å². The van der Waals surface area contributed by atoms with E-state index in [1.165, 1.54) is 31.6 Å². The number of aryl methyl sites for hydroxylation is 2. The molecule has 4 aromatic heterocycles. The van der Waals surface area contributed by atoms with Crippen molar-refractivity contribution in [1.29, 1.82) is 0 Å². The van der Waals surface area contributed by atoms with Crippen LogP contribution >= 0.6 is 22.7 Å². The lowest BCUT2D eigenvalue weighted by molar-refractivity contribution is -0.117. The van der Waals surface area contributed by atoms with Gasteiger partial charge in [0.2, 0.25) is 11.7 Å². The molecule has 0 spiro atoms. The van der Waals surface area contributed by atoms with Gasteiger partial charge in [-0.25, -0.2) is 13.9 Å².